The van der Waals surface area contributed by atoms with Crippen LogP contribution in [0, 0.1) is 11.8 Å². The van der Waals surface area contributed by atoms with E-state index >= 15 is 0 Å². The minimum absolute atomic E-state index is 0.0206. The molecule has 2 aliphatic rings. The number of carbonyl (C=O) groups is 4. The topological polar surface area (TPSA) is 78.0 Å². The Morgan fingerprint density at radius 1 is 0.962 bits per heavy atom. The number of amides is 5. The van der Waals surface area contributed by atoms with Gasteiger partial charge in [0.2, 0.25) is 5.91 Å². The van der Waals surface area contributed by atoms with E-state index in [0.29, 0.717) is 24.9 Å². The molecule has 3 rings (SSSR count). The van der Waals surface area contributed by atoms with E-state index in [1.807, 2.05) is 6.07 Å². The Hall–Kier alpha value is -2.70. The minimum atomic E-state index is -0.933. The molecule has 0 radical (unpaired) electrons. The maximum absolute atomic E-state index is 12.6. The fourth-order valence-corrected chi connectivity index (χ4v) is 3.70. The van der Waals surface area contributed by atoms with Crippen molar-refractivity contribution in [3.8, 4) is 0 Å². The molecule has 26 heavy (non-hydrogen) atoms. The molecule has 2 saturated heterocycles. The Morgan fingerprint density at radius 3 is 2.15 bits per heavy atom. The number of hydrogen-bond acceptors (Lipinski definition) is 4. The van der Waals surface area contributed by atoms with Crippen LogP contribution in [0.5, 0.6) is 0 Å². The Kier molecular flexibility index (Phi) is 5.06. The summed E-state index contributed by atoms with van der Waals surface area (Å²) < 4.78 is 0. The second kappa shape index (κ2) is 7.27. The molecule has 0 spiro atoms. The van der Waals surface area contributed by atoms with Crippen LogP contribution in [0.1, 0.15) is 25.8 Å². The van der Waals surface area contributed by atoms with Crippen molar-refractivity contribution in [2.24, 2.45) is 11.8 Å². The van der Waals surface area contributed by atoms with Crippen LogP contribution >= 0.6 is 0 Å². The average molecular weight is 357 g/mol. The second-order valence-electron chi connectivity index (χ2n) is 7.30. The van der Waals surface area contributed by atoms with Gasteiger partial charge in [-0.2, -0.15) is 0 Å². The Morgan fingerprint density at radius 2 is 1.54 bits per heavy atom. The van der Waals surface area contributed by atoms with Gasteiger partial charge in [0.25, 0.3) is 0 Å². The fourth-order valence-electron chi connectivity index (χ4n) is 3.70. The number of hydrogen-bond donors (Lipinski definition) is 0. The van der Waals surface area contributed by atoms with Crippen LogP contribution in [-0.2, 0) is 20.9 Å². The van der Waals surface area contributed by atoms with Crippen molar-refractivity contribution in [3.05, 3.63) is 35.9 Å². The molecule has 0 aliphatic carbocycles. The lowest BCUT2D eigenvalue weighted by molar-refractivity contribution is -0.145. The molecule has 2 atom stereocenters. The van der Waals surface area contributed by atoms with E-state index in [0.717, 1.165) is 21.8 Å². The van der Waals surface area contributed by atoms with E-state index in [-0.39, 0.29) is 19.0 Å². The fraction of sp³-hybridized carbons (Fsp3) is 0.474. The average Bonchev–Trinajstić information content (AvgIpc) is 2.80. The first-order valence-electron chi connectivity index (χ1n) is 8.85. The SMILES string of the molecule is CC1CC(C)CN(C(=O)CN2C(=O)C(=O)N(Cc3ccccc3)C2=O)C1. The minimum Gasteiger partial charge on any atom is -0.341 e. The third-order valence-electron chi connectivity index (χ3n) is 4.83. The van der Waals surface area contributed by atoms with Crippen LogP contribution in [0.2, 0.25) is 0 Å². The summed E-state index contributed by atoms with van der Waals surface area (Å²) in [4.78, 5) is 52.8. The van der Waals surface area contributed by atoms with Crippen molar-refractivity contribution in [2.45, 2.75) is 26.8 Å². The van der Waals surface area contributed by atoms with Crippen molar-refractivity contribution in [2.75, 3.05) is 19.6 Å². The van der Waals surface area contributed by atoms with Gasteiger partial charge in [0.15, 0.2) is 0 Å². The van der Waals surface area contributed by atoms with Crippen LogP contribution in [0.3, 0.4) is 0 Å². The highest BCUT2D eigenvalue weighted by atomic mass is 16.2. The second-order valence-corrected chi connectivity index (χ2v) is 7.30. The molecule has 0 aromatic heterocycles. The van der Waals surface area contributed by atoms with Crippen molar-refractivity contribution in [3.63, 3.8) is 0 Å². The monoisotopic (exact) mass is 357 g/mol. The lowest BCUT2D eigenvalue weighted by Crippen LogP contribution is -2.48. The summed E-state index contributed by atoms with van der Waals surface area (Å²) in [5.74, 6) is -1.35. The summed E-state index contributed by atoms with van der Waals surface area (Å²) >= 11 is 0. The number of nitrogens with zero attached hydrogens (tertiary/aromatic N) is 3. The highest BCUT2D eigenvalue weighted by Crippen LogP contribution is 2.22. The zero-order chi connectivity index (χ0) is 18.8. The van der Waals surface area contributed by atoms with E-state index in [9.17, 15) is 19.2 Å². The van der Waals surface area contributed by atoms with Crippen molar-refractivity contribution in [1.82, 2.24) is 14.7 Å². The molecule has 1 aromatic carbocycles. The van der Waals surface area contributed by atoms with Gasteiger partial charge in [0.1, 0.15) is 6.54 Å². The molecule has 138 valence electrons. The molecule has 7 heteroatoms. The van der Waals surface area contributed by atoms with E-state index in [4.69, 9.17) is 0 Å². The number of benzene rings is 1. The number of rotatable bonds is 4. The van der Waals surface area contributed by atoms with Gasteiger partial charge in [-0.25, -0.2) is 9.69 Å². The molecule has 0 bridgehead atoms. The van der Waals surface area contributed by atoms with Crippen LogP contribution in [0.25, 0.3) is 0 Å². The third-order valence-corrected chi connectivity index (χ3v) is 4.83. The van der Waals surface area contributed by atoms with Gasteiger partial charge in [-0.05, 0) is 23.8 Å². The molecule has 2 aliphatic heterocycles. The van der Waals surface area contributed by atoms with E-state index in [2.05, 4.69) is 13.8 Å². The van der Waals surface area contributed by atoms with E-state index in [1.165, 1.54) is 0 Å². The van der Waals surface area contributed by atoms with Crippen LogP contribution in [-0.4, -0.2) is 58.1 Å². The quantitative estimate of drug-likeness (QED) is 0.604. The predicted octanol–water partition coefficient (Wildman–Crippen LogP) is 1.48. The van der Waals surface area contributed by atoms with Crippen molar-refractivity contribution in [1.29, 1.82) is 0 Å². The molecule has 7 nitrogen and oxygen atoms in total. The van der Waals surface area contributed by atoms with Gasteiger partial charge in [-0.15, -0.1) is 0 Å². The maximum atomic E-state index is 12.6. The molecular weight excluding hydrogens is 334 g/mol. The normalized spacial score (nSPS) is 23.8. The molecule has 2 heterocycles. The van der Waals surface area contributed by atoms with Crippen LogP contribution in [0.15, 0.2) is 30.3 Å². The van der Waals surface area contributed by atoms with Gasteiger partial charge in [0.05, 0.1) is 6.54 Å². The van der Waals surface area contributed by atoms with Gasteiger partial charge in [-0.1, -0.05) is 44.2 Å². The summed E-state index contributed by atoms with van der Waals surface area (Å²) in [5.41, 5.74) is 0.744. The van der Waals surface area contributed by atoms with Gasteiger partial charge < -0.3 is 4.90 Å². The first-order valence-corrected chi connectivity index (χ1v) is 8.85. The first-order chi connectivity index (χ1) is 12.4. The molecule has 5 amide bonds. The Balaban J connectivity index is 1.68. The number of urea groups is 1. The predicted molar refractivity (Wildman–Crippen MR) is 93.6 cm³/mol. The van der Waals surface area contributed by atoms with Crippen LogP contribution < -0.4 is 0 Å². The zero-order valence-electron chi connectivity index (χ0n) is 15.1. The van der Waals surface area contributed by atoms with Gasteiger partial charge in [-0.3, -0.25) is 19.3 Å². The number of piperidine rings is 1. The van der Waals surface area contributed by atoms with Crippen LogP contribution in [0.4, 0.5) is 4.79 Å². The van der Waals surface area contributed by atoms with Crippen molar-refractivity contribution >= 4 is 23.8 Å². The molecular formula is C19H23N3O4. The summed E-state index contributed by atoms with van der Waals surface area (Å²) in [5, 5.41) is 0. The molecule has 1 aromatic rings. The largest absolute Gasteiger partial charge is 0.341 e. The van der Waals surface area contributed by atoms with E-state index in [1.54, 1.807) is 29.2 Å². The summed E-state index contributed by atoms with van der Waals surface area (Å²) in [6, 6.07) is 8.23. The molecule has 2 unspecified atom stereocenters. The zero-order valence-corrected chi connectivity index (χ0v) is 15.1. The lowest BCUT2D eigenvalue weighted by Gasteiger charge is -2.35. The third kappa shape index (κ3) is 3.61. The highest BCUT2D eigenvalue weighted by Gasteiger charge is 2.45. The summed E-state index contributed by atoms with van der Waals surface area (Å²) in [6.45, 7) is 5.02. The summed E-state index contributed by atoms with van der Waals surface area (Å²) in [7, 11) is 0. The van der Waals surface area contributed by atoms with Crippen molar-refractivity contribution < 1.29 is 19.2 Å². The standard InChI is InChI=1S/C19H23N3O4/c1-13-8-14(2)10-20(9-13)16(23)12-22-18(25)17(24)21(19(22)26)11-15-6-4-3-5-7-15/h3-7,13-14H,8-12H2,1-2H3. The lowest BCUT2D eigenvalue weighted by atomic mass is 9.92. The van der Waals surface area contributed by atoms with Gasteiger partial charge in [0, 0.05) is 13.1 Å². The van der Waals surface area contributed by atoms with E-state index < -0.39 is 17.8 Å². The smallest absolute Gasteiger partial charge is 0.335 e. The number of imide groups is 2. The Labute approximate surface area is 152 Å². The maximum Gasteiger partial charge on any atom is 0.335 e. The highest BCUT2D eigenvalue weighted by molar-refractivity contribution is 6.44. The summed E-state index contributed by atoms with van der Waals surface area (Å²) in [6.07, 6.45) is 1.05. The molecule has 0 saturated carbocycles. The first kappa shape index (κ1) is 18.1. The van der Waals surface area contributed by atoms with Gasteiger partial charge >= 0.3 is 17.8 Å². The molecule has 0 N–H and O–H groups in total. The number of likely N-dealkylation sites (tertiary alicyclic amines) is 1. The number of carbonyl (C=O) groups excluding carboxylic acids is 4. The Bertz CT molecular complexity index is 724. The molecule has 2 fully saturated rings.